The maximum Gasteiger partial charge on any atom is 0.251 e. The maximum absolute atomic E-state index is 13.2. The summed E-state index contributed by atoms with van der Waals surface area (Å²) in [6, 6.07) is 10.4. The SMILES string of the molecule is CCC(NC(=O)c1cc(F)cc(F)c1)c1ccc(C)cc1. The van der Waals surface area contributed by atoms with Crippen LogP contribution in [0.25, 0.3) is 0 Å². The van der Waals surface area contributed by atoms with E-state index >= 15 is 0 Å². The molecule has 2 aromatic carbocycles. The number of benzene rings is 2. The Bertz CT molecular complexity index is 617. The van der Waals surface area contributed by atoms with E-state index in [9.17, 15) is 13.6 Å². The van der Waals surface area contributed by atoms with Crippen molar-refractivity contribution in [1.29, 1.82) is 0 Å². The summed E-state index contributed by atoms with van der Waals surface area (Å²) in [6.45, 7) is 3.93. The smallest absolute Gasteiger partial charge is 0.251 e. The monoisotopic (exact) mass is 289 g/mol. The third-order valence-electron chi connectivity index (χ3n) is 3.32. The van der Waals surface area contributed by atoms with Gasteiger partial charge < -0.3 is 5.32 Å². The summed E-state index contributed by atoms with van der Waals surface area (Å²) in [4.78, 5) is 12.1. The van der Waals surface area contributed by atoms with Crippen molar-refractivity contribution < 1.29 is 13.6 Å². The van der Waals surface area contributed by atoms with Gasteiger partial charge in [0.1, 0.15) is 11.6 Å². The van der Waals surface area contributed by atoms with Crippen molar-refractivity contribution in [2.75, 3.05) is 0 Å². The zero-order valence-electron chi connectivity index (χ0n) is 12.0. The van der Waals surface area contributed by atoms with Crippen LogP contribution in [0.5, 0.6) is 0 Å². The van der Waals surface area contributed by atoms with Gasteiger partial charge in [-0.1, -0.05) is 36.8 Å². The lowest BCUT2D eigenvalue weighted by molar-refractivity contribution is 0.0934. The van der Waals surface area contributed by atoms with Crippen molar-refractivity contribution in [1.82, 2.24) is 5.32 Å². The van der Waals surface area contributed by atoms with E-state index in [0.29, 0.717) is 6.42 Å². The van der Waals surface area contributed by atoms with Gasteiger partial charge in [0.2, 0.25) is 0 Å². The molecule has 2 aromatic rings. The quantitative estimate of drug-likeness (QED) is 0.900. The molecule has 0 saturated heterocycles. The van der Waals surface area contributed by atoms with Crippen LogP contribution in [0.4, 0.5) is 8.78 Å². The highest BCUT2D eigenvalue weighted by molar-refractivity contribution is 5.94. The maximum atomic E-state index is 13.2. The molecule has 4 heteroatoms. The van der Waals surface area contributed by atoms with Crippen molar-refractivity contribution in [3.8, 4) is 0 Å². The summed E-state index contributed by atoms with van der Waals surface area (Å²) in [7, 11) is 0. The van der Waals surface area contributed by atoms with Gasteiger partial charge >= 0.3 is 0 Å². The van der Waals surface area contributed by atoms with Crippen LogP contribution in [0.3, 0.4) is 0 Å². The Morgan fingerprint density at radius 2 is 1.67 bits per heavy atom. The highest BCUT2D eigenvalue weighted by atomic mass is 19.1. The molecule has 0 aromatic heterocycles. The Morgan fingerprint density at radius 1 is 1.10 bits per heavy atom. The van der Waals surface area contributed by atoms with E-state index in [0.717, 1.165) is 29.3 Å². The van der Waals surface area contributed by atoms with Gasteiger partial charge in [0, 0.05) is 11.6 Å². The van der Waals surface area contributed by atoms with Crippen LogP contribution in [0.2, 0.25) is 0 Å². The number of carbonyl (C=O) groups is 1. The first-order valence-electron chi connectivity index (χ1n) is 6.83. The van der Waals surface area contributed by atoms with Crippen molar-refractivity contribution in [3.05, 3.63) is 70.8 Å². The molecule has 0 spiro atoms. The number of hydrogen-bond donors (Lipinski definition) is 1. The topological polar surface area (TPSA) is 29.1 Å². The lowest BCUT2D eigenvalue weighted by atomic mass is 10.0. The minimum atomic E-state index is -0.761. The molecule has 0 fully saturated rings. The first-order valence-corrected chi connectivity index (χ1v) is 6.83. The number of aryl methyl sites for hydroxylation is 1. The predicted molar refractivity (Wildman–Crippen MR) is 78.0 cm³/mol. The van der Waals surface area contributed by atoms with E-state index in [-0.39, 0.29) is 11.6 Å². The summed E-state index contributed by atoms with van der Waals surface area (Å²) < 4.78 is 26.3. The number of amides is 1. The van der Waals surface area contributed by atoms with E-state index in [4.69, 9.17) is 0 Å². The fraction of sp³-hybridized carbons (Fsp3) is 0.235. The average molecular weight is 289 g/mol. The van der Waals surface area contributed by atoms with Gasteiger partial charge in [-0.2, -0.15) is 0 Å². The van der Waals surface area contributed by atoms with Crippen molar-refractivity contribution in [2.45, 2.75) is 26.3 Å². The largest absolute Gasteiger partial charge is 0.345 e. The molecule has 1 amide bonds. The van der Waals surface area contributed by atoms with Gasteiger partial charge in [-0.25, -0.2) is 8.78 Å². The molecular formula is C17H17F2NO. The first kappa shape index (κ1) is 15.2. The number of carbonyl (C=O) groups excluding carboxylic acids is 1. The van der Waals surface area contributed by atoms with Crippen LogP contribution >= 0.6 is 0 Å². The second-order valence-corrected chi connectivity index (χ2v) is 5.00. The molecule has 21 heavy (non-hydrogen) atoms. The van der Waals surface area contributed by atoms with Crippen LogP contribution < -0.4 is 5.32 Å². The molecule has 110 valence electrons. The second-order valence-electron chi connectivity index (χ2n) is 5.00. The van der Waals surface area contributed by atoms with Gasteiger partial charge in [0.15, 0.2) is 0 Å². The lowest BCUT2D eigenvalue weighted by Gasteiger charge is -2.18. The normalized spacial score (nSPS) is 12.0. The summed E-state index contributed by atoms with van der Waals surface area (Å²) in [5.74, 6) is -2.01. The van der Waals surface area contributed by atoms with Crippen LogP contribution in [0, 0.1) is 18.6 Å². The van der Waals surface area contributed by atoms with Gasteiger partial charge in [-0.3, -0.25) is 4.79 Å². The number of nitrogens with one attached hydrogen (secondary N) is 1. The van der Waals surface area contributed by atoms with Crippen molar-refractivity contribution >= 4 is 5.91 Å². The van der Waals surface area contributed by atoms with E-state index in [1.54, 1.807) is 0 Å². The molecule has 1 atom stereocenters. The Hall–Kier alpha value is -2.23. The third kappa shape index (κ3) is 3.88. The highest BCUT2D eigenvalue weighted by Gasteiger charge is 2.15. The van der Waals surface area contributed by atoms with Gasteiger partial charge in [-0.15, -0.1) is 0 Å². The number of halogens is 2. The zero-order chi connectivity index (χ0) is 15.4. The molecule has 1 unspecified atom stereocenters. The lowest BCUT2D eigenvalue weighted by Crippen LogP contribution is -2.28. The van der Waals surface area contributed by atoms with Crippen molar-refractivity contribution in [2.24, 2.45) is 0 Å². The Labute approximate surface area is 122 Å². The number of hydrogen-bond acceptors (Lipinski definition) is 1. The zero-order valence-corrected chi connectivity index (χ0v) is 12.0. The van der Waals surface area contributed by atoms with E-state index in [1.807, 2.05) is 38.1 Å². The van der Waals surface area contributed by atoms with Gasteiger partial charge in [0.05, 0.1) is 6.04 Å². The van der Waals surface area contributed by atoms with E-state index in [2.05, 4.69) is 5.32 Å². The average Bonchev–Trinajstić information content (AvgIpc) is 2.44. The Morgan fingerprint density at radius 3 is 2.19 bits per heavy atom. The number of rotatable bonds is 4. The van der Waals surface area contributed by atoms with E-state index in [1.165, 1.54) is 0 Å². The minimum Gasteiger partial charge on any atom is -0.345 e. The second kappa shape index (κ2) is 6.48. The fourth-order valence-electron chi connectivity index (χ4n) is 2.15. The molecule has 0 aliphatic carbocycles. The molecule has 2 rings (SSSR count). The standard InChI is InChI=1S/C17H17F2NO/c1-3-16(12-6-4-11(2)5-7-12)20-17(21)13-8-14(18)10-15(19)9-13/h4-10,16H,3H2,1-2H3,(H,20,21). The molecule has 0 bridgehead atoms. The van der Waals surface area contributed by atoms with Crippen LogP contribution in [0.1, 0.15) is 40.9 Å². The van der Waals surface area contributed by atoms with Crippen LogP contribution in [0.15, 0.2) is 42.5 Å². The Kier molecular flexibility index (Phi) is 4.68. The predicted octanol–water partition coefficient (Wildman–Crippen LogP) is 4.15. The van der Waals surface area contributed by atoms with Crippen LogP contribution in [-0.2, 0) is 0 Å². The van der Waals surface area contributed by atoms with Gasteiger partial charge in [-0.05, 0) is 31.0 Å². The summed E-state index contributed by atoms with van der Waals surface area (Å²) in [5.41, 5.74) is 2.08. The molecule has 2 nitrogen and oxygen atoms in total. The van der Waals surface area contributed by atoms with E-state index < -0.39 is 17.5 Å². The summed E-state index contributed by atoms with van der Waals surface area (Å²) in [5, 5.41) is 2.80. The molecule has 0 heterocycles. The fourth-order valence-corrected chi connectivity index (χ4v) is 2.15. The summed E-state index contributed by atoms with van der Waals surface area (Å²) >= 11 is 0. The summed E-state index contributed by atoms with van der Waals surface area (Å²) in [6.07, 6.45) is 0.687. The van der Waals surface area contributed by atoms with Crippen LogP contribution in [-0.4, -0.2) is 5.91 Å². The molecular weight excluding hydrogens is 272 g/mol. The molecule has 1 N–H and O–H groups in total. The Balaban J connectivity index is 2.18. The first-order chi connectivity index (χ1) is 9.99. The highest BCUT2D eigenvalue weighted by Crippen LogP contribution is 2.18. The third-order valence-corrected chi connectivity index (χ3v) is 3.32. The van der Waals surface area contributed by atoms with Crippen molar-refractivity contribution in [3.63, 3.8) is 0 Å². The molecule has 0 radical (unpaired) electrons. The molecule has 0 aliphatic heterocycles. The molecule has 0 aliphatic rings. The van der Waals surface area contributed by atoms with Gasteiger partial charge in [0.25, 0.3) is 5.91 Å². The molecule has 0 saturated carbocycles. The minimum absolute atomic E-state index is 0.0157.